The second-order valence-corrected chi connectivity index (χ2v) is 4.58. The van der Waals surface area contributed by atoms with Gasteiger partial charge in [-0.25, -0.2) is 13.4 Å². The predicted octanol–water partition coefficient (Wildman–Crippen LogP) is 0.704. The van der Waals surface area contributed by atoms with Crippen LogP contribution in [0.2, 0.25) is 0 Å². The molecule has 0 aliphatic rings. The maximum absolute atomic E-state index is 11.9. The molecule has 0 amide bonds. The normalized spacial score (nSPS) is 11.2. The lowest BCUT2D eigenvalue weighted by atomic mass is 10.5. The highest BCUT2D eigenvalue weighted by atomic mass is 32.2. The van der Waals surface area contributed by atoms with E-state index in [0.717, 1.165) is 0 Å². The van der Waals surface area contributed by atoms with Crippen LogP contribution in [0.1, 0.15) is 0 Å². The highest BCUT2D eigenvalue weighted by Crippen LogP contribution is 2.14. The molecule has 2 aromatic rings. The molecule has 0 saturated carbocycles. The van der Waals surface area contributed by atoms with E-state index in [4.69, 9.17) is 0 Å². The van der Waals surface area contributed by atoms with E-state index in [0.29, 0.717) is 0 Å². The van der Waals surface area contributed by atoms with E-state index in [9.17, 15) is 8.42 Å². The van der Waals surface area contributed by atoms with Crippen LogP contribution < -0.4 is 0 Å². The highest BCUT2D eigenvalue weighted by molar-refractivity contribution is 7.91. The SMILES string of the molecule is O=S(=O)(c1ccccn1)c1cccnn1. The molecule has 2 aromatic heterocycles. The predicted molar refractivity (Wildman–Crippen MR) is 51.7 cm³/mol. The molecule has 76 valence electrons. The van der Waals surface area contributed by atoms with Gasteiger partial charge in [0.05, 0.1) is 0 Å². The Balaban J connectivity index is 2.55. The fourth-order valence-corrected chi connectivity index (χ4v) is 2.13. The monoisotopic (exact) mass is 221 g/mol. The van der Waals surface area contributed by atoms with Crippen LogP contribution in [0.5, 0.6) is 0 Å². The molecular weight excluding hydrogens is 214 g/mol. The number of pyridine rings is 1. The molecule has 0 radical (unpaired) electrons. The van der Waals surface area contributed by atoms with Gasteiger partial charge in [0.15, 0.2) is 10.1 Å². The van der Waals surface area contributed by atoms with Gasteiger partial charge in [-0.15, -0.1) is 5.10 Å². The van der Waals surface area contributed by atoms with E-state index < -0.39 is 9.84 Å². The van der Waals surface area contributed by atoms with Crippen molar-refractivity contribution in [3.63, 3.8) is 0 Å². The summed E-state index contributed by atoms with van der Waals surface area (Å²) in [6, 6.07) is 7.58. The van der Waals surface area contributed by atoms with Gasteiger partial charge in [0, 0.05) is 12.4 Å². The van der Waals surface area contributed by atoms with Crippen LogP contribution in [0.25, 0.3) is 0 Å². The first-order chi connectivity index (χ1) is 7.21. The zero-order valence-electron chi connectivity index (χ0n) is 7.61. The summed E-state index contributed by atoms with van der Waals surface area (Å²) < 4.78 is 23.7. The molecule has 0 aliphatic heterocycles. The molecule has 0 fully saturated rings. The van der Waals surface area contributed by atoms with E-state index in [1.807, 2.05) is 0 Å². The molecule has 0 atom stereocenters. The molecule has 5 nitrogen and oxygen atoms in total. The van der Waals surface area contributed by atoms with E-state index >= 15 is 0 Å². The van der Waals surface area contributed by atoms with Gasteiger partial charge in [0.25, 0.3) is 0 Å². The maximum Gasteiger partial charge on any atom is 0.242 e. The largest absolute Gasteiger partial charge is 0.244 e. The van der Waals surface area contributed by atoms with Crippen LogP contribution in [-0.2, 0) is 9.84 Å². The quantitative estimate of drug-likeness (QED) is 0.746. The zero-order chi connectivity index (χ0) is 10.7. The van der Waals surface area contributed by atoms with Gasteiger partial charge in [-0.3, -0.25) is 0 Å². The highest BCUT2D eigenvalue weighted by Gasteiger charge is 2.19. The molecule has 0 aliphatic carbocycles. The third kappa shape index (κ3) is 1.84. The van der Waals surface area contributed by atoms with E-state index in [-0.39, 0.29) is 10.1 Å². The zero-order valence-corrected chi connectivity index (χ0v) is 8.42. The molecule has 0 unspecified atom stereocenters. The Kier molecular flexibility index (Phi) is 2.42. The Bertz CT molecular complexity index is 495. The van der Waals surface area contributed by atoms with Crippen LogP contribution in [0, 0.1) is 0 Å². The summed E-state index contributed by atoms with van der Waals surface area (Å²) in [5, 5.41) is 6.95. The molecule has 0 aromatic carbocycles. The van der Waals surface area contributed by atoms with E-state index in [1.54, 1.807) is 12.1 Å². The number of rotatable bonds is 2. The second kappa shape index (κ2) is 3.74. The molecule has 6 heteroatoms. The number of aromatic nitrogens is 3. The lowest BCUT2D eigenvalue weighted by Gasteiger charge is -2.00. The van der Waals surface area contributed by atoms with E-state index in [2.05, 4.69) is 15.2 Å². The van der Waals surface area contributed by atoms with Gasteiger partial charge in [0.1, 0.15) is 0 Å². The van der Waals surface area contributed by atoms with Crippen molar-refractivity contribution in [1.82, 2.24) is 15.2 Å². The average Bonchev–Trinajstić information content (AvgIpc) is 2.31. The van der Waals surface area contributed by atoms with Gasteiger partial charge in [-0.2, -0.15) is 5.10 Å². The van der Waals surface area contributed by atoms with Crippen molar-refractivity contribution in [2.75, 3.05) is 0 Å². The van der Waals surface area contributed by atoms with Crippen molar-refractivity contribution in [2.45, 2.75) is 10.1 Å². The first-order valence-corrected chi connectivity index (χ1v) is 5.63. The number of nitrogens with zero attached hydrogens (tertiary/aromatic N) is 3. The third-order valence-corrected chi connectivity index (χ3v) is 3.30. The number of hydrogen-bond acceptors (Lipinski definition) is 5. The Labute approximate surface area is 86.7 Å². The standard InChI is InChI=1S/C9H7N3O2S/c13-15(14,8-4-1-2-6-10-8)9-5-3-7-11-12-9/h1-7H. The summed E-state index contributed by atoms with van der Waals surface area (Å²) in [7, 11) is -3.62. The summed E-state index contributed by atoms with van der Waals surface area (Å²) >= 11 is 0. The van der Waals surface area contributed by atoms with Crippen LogP contribution in [0.4, 0.5) is 0 Å². The summed E-state index contributed by atoms with van der Waals surface area (Å²) in [6.45, 7) is 0. The Morgan fingerprint density at radius 2 is 1.73 bits per heavy atom. The summed E-state index contributed by atoms with van der Waals surface area (Å²) in [5.74, 6) is 0. The van der Waals surface area contributed by atoms with Crippen molar-refractivity contribution in [3.8, 4) is 0 Å². The molecule has 15 heavy (non-hydrogen) atoms. The fourth-order valence-electron chi connectivity index (χ4n) is 1.04. The smallest absolute Gasteiger partial charge is 0.242 e. The molecule has 0 saturated heterocycles. The summed E-state index contributed by atoms with van der Waals surface area (Å²) in [4.78, 5) is 3.77. The van der Waals surface area contributed by atoms with Crippen LogP contribution in [0.3, 0.4) is 0 Å². The Morgan fingerprint density at radius 1 is 0.933 bits per heavy atom. The fraction of sp³-hybridized carbons (Fsp3) is 0. The minimum Gasteiger partial charge on any atom is -0.244 e. The Hall–Kier alpha value is -1.82. The molecule has 0 spiro atoms. The van der Waals surface area contributed by atoms with Crippen molar-refractivity contribution in [1.29, 1.82) is 0 Å². The summed E-state index contributed by atoms with van der Waals surface area (Å²) in [5.41, 5.74) is 0. The van der Waals surface area contributed by atoms with Gasteiger partial charge < -0.3 is 0 Å². The Morgan fingerprint density at radius 3 is 2.33 bits per heavy atom. The minimum absolute atomic E-state index is 0.0227. The van der Waals surface area contributed by atoms with E-state index in [1.165, 1.54) is 30.6 Å². The lowest BCUT2D eigenvalue weighted by Crippen LogP contribution is -2.06. The lowest BCUT2D eigenvalue weighted by molar-refractivity contribution is 0.586. The van der Waals surface area contributed by atoms with Crippen molar-refractivity contribution in [3.05, 3.63) is 42.7 Å². The molecule has 0 N–H and O–H groups in total. The van der Waals surface area contributed by atoms with Gasteiger partial charge in [-0.1, -0.05) is 6.07 Å². The van der Waals surface area contributed by atoms with Crippen molar-refractivity contribution >= 4 is 9.84 Å². The molecule has 0 bridgehead atoms. The number of sulfone groups is 1. The number of hydrogen-bond donors (Lipinski definition) is 0. The van der Waals surface area contributed by atoms with Crippen molar-refractivity contribution in [2.24, 2.45) is 0 Å². The van der Waals surface area contributed by atoms with Crippen LogP contribution in [0.15, 0.2) is 52.8 Å². The second-order valence-electron chi connectivity index (χ2n) is 2.73. The third-order valence-electron chi connectivity index (χ3n) is 1.74. The van der Waals surface area contributed by atoms with Gasteiger partial charge in [0.2, 0.25) is 9.84 Å². The maximum atomic E-state index is 11.9. The first-order valence-electron chi connectivity index (χ1n) is 4.15. The van der Waals surface area contributed by atoms with Gasteiger partial charge in [-0.05, 0) is 24.3 Å². The summed E-state index contributed by atoms with van der Waals surface area (Å²) in [6.07, 6.45) is 2.83. The van der Waals surface area contributed by atoms with Crippen molar-refractivity contribution < 1.29 is 8.42 Å². The van der Waals surface area contributed by atoms with Crippen LogP contribution in [-0.4, -0.2) is 23.6 Å². The van der Waals surface area contributed by atoms with Crippen LogP contribution >= 0.6 is 0 Å². The minimum atomic E-state index is -3.62. The topological polar surface area (TPSA) is 72.8 Å². The first kappa shape index (κ1) is 9.72. The van der Waals surface area contributed by atoms with Gasteiger partial charge >= 0.3 is 0 Å². The molecule has 2 heterocycles. The average molecular weight is 221 g/mol. The molecular formula is C9H7N3O2S. The molecule has 2 rings (SSSR count).